The van der Waals surface area contributed by atoms with E-state index < -0.39 is 20.0 Å². The minimum absolute atomic E-state index is 0.00396. The first kappa shape index (κ1) is 66.4. The first-order chi connectivity index (χ1) is 33.5. The van der Waals surface area contributed by atoms with Crippen molar-refractivity contribution in [2.45, 2.75) is 238 Å². The van der Waals surface area contributed by atoms with E-state index in [1.807, 2.05) is 27.2 Å². The third-order valence-corrected chi connectivity index (χ3v) is 13.0. The van der Waals surface area contributed by atoms with Gasteiger partial charge in [0.2, 0.25) is 5.91 Å². The van der Waals surface area contributed by atoms with Gasteiger partial charge in [-0.25, -0.2) is 0 Å². The third kappa shape index (κ3) is 53.1. The number of aliphatic hydroxyl groups excluding tert-OH is 1. The Morgan fingerprint density at radius 1 is 0.522 bits per heavy atom. The number of rotatable bonds is 50. The van der Waals surface area contributed by atoms with Crippen molar-refractivity contribution < 1.29 is 32.9 Å². The third-order valence-electron chi connectivity index (χ3n) is 12.0. The maximum atomic E-state index is 12.9. The summed E-state index contributed by atoms with van der Waals surface area (Å²) in [6.07, 6.45) is 72.1. The first-order valence-corrected chi connectivity index (χ1v) is 29.6. The molecule has 0 aliphatic heterocycles. The molecule has 1 amide bonds. The standard InChI is InChI=1S/C60H107N2O6P/c1-6-8-10-12-14-16-18-19-20-21-22-23-24-25-26-27-28-29-30-31-32-33-34-35-36-37-38-39-40-41-42-43-44-46-48-50-52-54-60(64)61-58(57-68-69(65,66)67-56-55-62(3,4)5)59(63)53-51-49-47-45-17-15-13-11-9-7-2/h8,10,14,16,19-20,22-23,25-26,28-29,31-32,51,53,58-59,63H,6-7,9,11-13,15,17-18,21,24,27,30,33-50,52,54-57H2,1-5H3,(H-,61,64,65,66)/b10-8-,16-14-,20-19-,23-22-,26-25-,29-28-,32-31-,53-51+. The molecule has 0 aliphatic carbocycles. The van der Waals surface area contributed by atoms with Crippen LogP contribution in [-0.4, -0.2) is 68.5 Å². The number of quaternary nitrogens is 1. The Labute approximate surface area is 426 Å². The minimum Gasteiger partial charge on any atom is -0.756 e. The van der Waals surface area contributed by atoms with Gasteiger partial charge in [0.25, 0.3) is 7.82 Å². The average Bonchev–Trinajstić information content (AvgIpc) is 3.31. The van der Waals surface area contributed by atoms with Crippen molar-refractivity contribution in [2.24, 2.45) is 0 Å². The molecular formula is C60H107N2O6P. The van der Waals surface area contributed by atoms with Crippen LogP contribution in [0, 0.1) is 0 Å². The number of carbonyl (C=O) groups is 1. The van der Waals surface area contributed by atoms with Crippen molar-refractivity contribution in [3.63, 3.8) is 0 Å². The molecule has 0 heterocycles. The van der Waals surface area contributed by atoms with Gasteiger partial charge in [-0.05, 0) is 77.0 Å². The van der Waals surface area contributed by atoms with Gasteiger partial charge in [-0.1, -0.05) is 239 Å². The van der Waals surface area contributed by atoms with E-state index in [0.717, 1.165) is 83.5 Å². The van der Waals surface area contributed by atoms with E-state index in [0.29, 0.717) is 17.4 Å². The first-order valence-electron chi connectivity index (χ1n) is 28.1. The number of hydrogen-bond donors (Lipinski definition) is 2. The summed E-state index contributed by atoms with van der Waals surface area (Å²) >= 11 is 0. The van der Waals surface area contributed by atoms with Crippen LogP contribution in [0.5, 0.6) is 0 Å². The number of nitrogens with one attached hydrogen (secondary N) is 1. The van der Waals surface area contributed by atoms with E-state index in [2.05, 4.69) is 104 Å². The molecule has 0 spiro atoms. The van der Waals surface area contributed by atoms with Crippen LogP contribution in [0.25, 0.3) is 0 Å². The number of phosphoric ester groups is 1. The van der Waals surface area contributed by atoms with E-state index in [9.17, 15) is 19.4 Å². The number of allylic oxidation sites excluding steroid dienone is 15. The van der Waals surface area contributed by atoms with Gasteiger partial charge in [0.1, 0.15) is 13.2 Å². The highest BCUT2D eigenvalue weighted by atomic mass is 31.2. The molecule has 0 aromatic carbocycles. The molecule has 0 aromatic rings. The average molecular weight is 983 g/mol. The molecule has 0 bridgehead atoms. The van der Waals surface area contributed by atoms with Crippen LogP contribution in [0.2, 0.25) is 0 Å². The second kappa shape index (κ2) is 50.4. The summed E-state index contributed by atoms with van der Waals surface area (Å²) in [5.74, 6) is -0.202. The molecule has 3 atom stereocenters. The predicted molar refractivity (Wildman–Crippen MR) is 297 cm³/mol. The number of carbonyl (C=O) groups excluding carboxylic acids is 1. The molecule has 0 rings (SSSR count). The van der Waals surface area contributed by atoms with Gasteiger partial charge in [0, 0.05) is 6.42 Å². The molecule has 2 N–H and O–H groups in total. The quantitative estimate of drug-likeness (QED) is 0.0272. The van der Waals surface area contributed by atoms with E-state index >= 15 is 0 Å². The van der Waals surface area contributed by atoms with Crippen LogP contribution in [-0.2, 0) is 18.4 Å². The number of aliphatic hydroxyl groups is 1. The zero-order chi connectivity index (χ0) is 50.6. The Kier molecular flexibility index (Phi) is 48.5. The number of amides is 1. The van der Waals surface area contributed by atoms with Gasteiger partial charge in [-0.2, -0.15) is 0 Å². The second-order valence-electron chi connectivity index (χ2n) is 19.9. The summed E-state index contributed by atoms with van der Waals surface area (Å²) < 4.78 is 23.2. The summed E-state index contributed by atoms with van der Waals surface area (Å²) in [5, 5.41) is 13.8. The van der Waals surface area contributed by atoms with E-state index in [1.54, 1.807) is 6.08 Å². The molecule has 0 fully saturated rings. The molecule has 398 valence electrons. The molecule has 0 radical (unpaired) electrons. The highest BCUT2D eigenvalue weighted by Crippen LogP contribution is 2.38. The van der Waals surface area contributed by atoms with Crippen molar-refractivity contribution in [3.8, 4) is 0 Å². The lowest BCUT2D eigenvalue weighted by Gasteiger charge is -2.29. The minimum atomic E-state index is -4.59. The number of likely N-dealkylation sites (N-methyl/N-ethyl adjacent to an activating group) is 1. The fraction of sp³-hybridized carbons (Fsp3) is 0.717. The Morgan fingerprint density at radius 2 is 0.884 bits per heavy atom. The van der Waals surface area contributed by atoms with Crippen molar-refractivity contribution in [3.05, 3.63) is 97.2 Å². The lowest BCUT2D eigenvalue weighted by Crippen LogP contribution is -2.45. The summed E-state index contributed by atoms with van der Waals surface area (Å²) in [6.45, 7) is 4.50. The Balaban J connectivity index is 3.98. The highest BCUT2D eigenvalue weighted by molar-refractivity contribution is 7.45. The summed E-state index contributed by atoms with van der Waals surface area (Å²) in [7, 11) is 1.25. The van der Waals surface area contributed by atoms with Gasteiger partial charge >= 0.3 is 0 Å². The summed E-state index contributed by atoms with van der Waals surface area (Å²) in [5.41, 5.74) is 0. The molecule has 8 nitrogen and oxygen atoms in total. The number of hydrogen-bond acceptors (Lipinski definition) is 6. The van der Waals surface area contributed by atoms with Crippen LogP contribution < -0.4 is 10.2 Å². The van der Waals surface area contributed by atoms with Crippen LogP contribution in [0.15, 0.2) is 97.2 Å². The molecule has 0 saturated heterocycles. The summed E-state index contributed by atoms with van der Waals surface area (Å²) in [6, 6.07) is -0.889. The molecule has 69 heavy (non-hydrogen) atoms. The van der Waals surface area contributed by atoms with Crippen molar-refractivity contribution in [1.29, 1.82) is 0 Å². The maximum Gasteiger partial charge on any atom is 0.268 e. The fourth-order valence-electron chi connectivity index (χ4n) is 7.66. The van der Waals surface area contributed by atoms with Gasteiger partial charge in [-0.15, -0.1) is 0 Å². The normalized spacial score (nSPS) is 14.7. The topological polar surface area (TPSA) is 108 Å². The predicted octanol–water partition coefficient (Wildman–Crippen LogP) is 16.4. The molecule has 3 unspecified atom stereocenters. The SMILES string of the molecule is CC/C=C\C/C=C\C/C=C\C/C=C\C/C=C\C/C=C\C/C=C\CCCCCCCCCCCCCCCCCC(=O)NC(COP(=O)([O-])OCC[N+](C)(C)C)C(O)/C=C/CCCCCCCCCC. The van der Waals surface area contributed by atoms with Crippen LogP contribution >= 0.6 is 7.82 Å². The molecule has 0 aliphatic rings. The Morgan fingerprint density at radius 3 is 1.29 bits per heavy atom. The van der Waals surface area contributed by atoms with E-state index in [1.165, 1.54) is 122 Å². The van der Waals surface area contributed by atoms with Gasteiger partial charge in [0.15, 0.2) is 0 Å². The zero-order valence-electron chi connectivity index (χ0n) is 45.2. The zero-order valence-corrected chi connectivity index (χ0v) is 46.1. The van der Waals surface area contributed by atoms with E-state index in [4.69, 9.17) is 9.05 Å². The summed E-state index contributed by atoms with van der Waals surface area (Å²) in [4.78, 5) is 25.4. The van der Waals surface area contributed by atoms with Gasteiger partial charge in [0.05, 0.1) is 39.9 Å². The largest absolute Gasteiger partial charge is 0.756 e. The Bertz CT molecular complexity index is 1440. The Hall–Kier alpha value is -2.58. The smallest absolute Gasteiger partial charge is 0.268 e. The van der Waals surface area contributed by atoms with Crippen molar-refractivity contribution in [1.82, 2.24) is 5.32 Å². The monoisotopic (exact) mass is 983 g/mol. The van der Waals surface area contributed by atoms with Crippen LogP contribution in [0.3, 0.4) is 0 Å². The van der Waals surface area contributed by atoms with Crippen molar-refractivity contribution in [2.75, 3.05) is 40.9 Å². The van der Waals surface area contributed by atoms with Crippen LogP contribution in [0.1, 0.15) is 226 Å². The molecule has 0 saturated carbocycles. The molecule has 0 aromatic heterocycles. The van der Waals surface area contributed by atoms with Crippen molar-refractivity contribution >= 4 is 13.7 Å². The lowest BCUT2D eigenvalue weighted by atomic mass is 10.0. The number of unbranched alkanes of at least 4 members (excludes halogenated alkanes) is 23. The highest BCUT2D eigenvalue weighted by Gasteiger charge is 2.23. The van der Waals surface area contributed by atoms with Crippen LogP contribution in [0.4, 0.5) is 0 Å². The molecular weight excluding hydrogens is 876 g/mol. The lowest BCUT2D eigenvalue weighted by molar-refractivity contribution is -0.870. The maximum absolute atomic E-state index is 12.9. The number of phosphoric acid groups is 1. The fourth-order valence-corrected chi connectivity index (χ4v) is 8.39. The van der Waals surface area contributed by atoms with E-state index in [-0.39, 0.29) is 19.1 Å². The van der Waals surface area contributed by atoms with Gasteiger partial charge in [-0.3, -0.25) is 9.36 Å². The van der Waals surface area contributed by atoms with Gasteiger partial charge < -0.3 is 28.8 Å². The molecule has 9 heteroatoms. The number of nitrogens with zero attached hydrogens (tertiary/aromatic N) is 1. The second-order valence-corrected chi connectivity index (χ2v) is 21.3.